The zero-order chi connectivity index (χ0) is 43.1. The SMILES string of the molecule is C=CCOC(=O)NC(C(=O)NC(C)C(=O)Nc1ccc(COC(=O)N2c3cc(O)c(OC)cc3C(=O)N3C=C(/C=C/C)C[C@H]3[C@@H]2O[Si](C)(C)C(C)(C)C)cc1)C(C)C. The first-order valence-electron chi connectivity index (χ1n) is 19.2. The summed E-state index contributed by atoms with van der Waals surface area (Å²) in [5, 5.41) is 18.6. The van der Waals surface area contributed by atoms with E-state index in [2.05, 4.69) is 56.4 Å². The molecule has 0 aromatic heterocycles. The number of methoxy groups -OCH3 is 1. The molecule has 314 valence electrons. The number of benzene rings is 2. The highest BCUT2D eigenvalue weighted by Gasteiger charge is 2.50. The summed E-state index contributed by atoms with van der Waals surface area (Å²) in [5.74, 6) is -1.93. The molecule has 2 aromatic carbocycles. The maximum atomic E-state index is 14.4. The molecule has 16 heteroatoms. The predicted octanol–water partition coefficient (Wildman–Crippen LogP) is 6.96. The van der Waals surface area contributed by atoms with Crippen LogP contribution >= 0.6 is 0 Å². The van der Waals surface area contributed by atoms with Crippen molar-refractivity contribution in [3.8, 4) is 11.5 Å². The molecule has 15 nitrogen and oxygen atoms in total. The summed E-state index contributed by atoms with van der Waals surface area (Å²) in [6, 6.07) is 6.84. The number of phenols is 1. The quantitative estimate of drug-likeness (QED) is 0.115. The minimum Gasteiger partial charge on any atom is -0.504 e. The minimum atomic E-state index is -2.62. The van der Waals surface area contributed by atoms with Gasteiger partial charge in [-0.1, -0.05) is 71.6 Å². The maximum absolute atomic E-state index is 14.4. The number of anilines is 2. The maximum Gasteiger partial charge on any atom is 0.416 e. The fourth-order valence-corrected chi connectivity index (χ4v) is 7.37. The van der Waals surface area contributed by atoms with E-state index in [1.807, 2.05) is 19.1 Å². The van der Waals surface area contributed by atoms with Gasteiger partial charge in [-0.2, -0.15) is 0 Å². The zero-order valence-electron chi connectivity index (χ0n) is 35.0. The van der Waals surface area contributed by atoms with Crippen LogP contribution in [-0.4, -0.2) is 86.3 Å². The lowest BCUT2D eigenvalue weighted by Gasteiger charge is -2.44. The third kappa shape index (κ3) is 10.5. The Kier molecular flexibility index (Phi) is 14.6. The number of carbonyl (C=O) groups is 5. The Bertz CT molecular complexity index is 1940. The first kappa shape index (κ1) is 45.1. The number of alkyl carbamates (subject to hydrolysis) is 1. The van der Waals surface area contributed by atoms with Crippen LogP contribution < -0.4 is 25.6 Å². The lowest BCUT2D eigenvalue weighted by atomic mass is 10.0. The van der Waals surface area contributed by atoms with Crippen LogP contribution in [0.5, 0.6) is 11.5 Å². The summed E-state index contributed by atoms with van der Waals surface area (Å²) in [6.07, 6.45) is 4.83. The second-order valence-corrected chi connectivity index (χ2v) is 20.8. The van der Waals surface area contributed by atoms with Gasteiger partial charge in [-0.3, -0.25) is 14.4 Å². The Morgan fingerprint density at radius 2 is 1.71 bits per heavy atom. The van der Waals surface area contributed by atoms with Crippen molar-refractivity contribution < 1.29 is 47.7 Å². The first-order chi connectivity index (χ1) is 27.2. The largest absolute Gasteiger partial charge is 0.504 e. The van der Waals surface area contributed by atoms with Crippen LogP contribution in [0.15, 0.2) is 73.0 Å². The molecule has 4 N–H and O–H groups in total. The molecule has 2 heterocycles. The lowest BCUT2D eigenvalue weighted by Crippen LogP contribution is -2.57. The fraction of sp³-hybridized carbons (Fsp3) is 0.452. The van der Waals surface area contributed by atoms with Gasteiger partial charge in [0.25, 0.3) is 5.91 Å². The zero-order valence-corrected chi connectivity index (χ0v) is 36.0. The van der Waals surface area contributed by atoms with Crippen molar-refractivity contribution in [2.45, 2.75) is 104 Å². The second-order valence-electron chi connectivity index (χ2n) is 16.1. The third-order valence-electron chi connectivity index (χ3n) is 10.4. The second kappa shape index (κ2) is 18.8. The fourth-order valence-electron chi connectivity index (χ4n) is 6.15. The predicted molar refractivity (Wildman–Crippen MR) is 223 cm³/mol. The van der Waals surface area contributed by atoms with Gasteiger partial charge in [-0.05, 0) is 73.7 Å². The number of nitrogens with zero attached hydrogens (tertiary/aromatic N) is 2. The van der Waals surface area contributed by atoms with E-state index in [0.29, 0.717) is 17.7 Å². The van der Waals surface area contributed by atoms with E-state index < -0.39 is 56.7 Å². The van der Waals surface area contributed by atoms with E-state index in [0.717, 1.165) is 5.57 Å². The van der Waals surface area contributed by atoms with Crippen molar-refractivity contribution in [2.24, 2.45) is 5.92 Å². The van der Waals surface area contributed by atoms with E-state index in [1.165, 1.54) is 37.1 Å². The van der Waals surface area contributed by atoms with Crippen molar-refractivity contribution >= 4 is 49.6 Å². The molecule has 4 atom stereocenters. The summed E-state index contributed by atoms with van der Waals surface area (Å²) >= 11 is 0. The van der Waals surface area contributed by atoms with Crippen LogP contribution in [0.1, 0.15) is 70.8 Å². The molecule has 2 aliphatic rings. The van der Waals surface area contributed by atoms with Crippen LogP contribution in [0.3, 0.4) is 0 Å². The Hall–Kier alpha value is -5.61. The monoisotopic (exact) mass is 819 g/mol. The number of phenolic OH excluding ortho intramolecular Hbond substituents is 1. The molecule has 0 spiro atoms. The molecule has 0 radical (unpaired) electrons. The van der Waals surface area contributed by atoms with E-state index in [4.69, 9.17) is 18.6 Å². The molecule has 58 heavy (non-hydrogen) atoms. The number of nitrogens with one attached hydrogen (secondary N) is 3. The molecule has 4 rings (SSSR count). The van der Waals surface area contributed by atoms with Crippen molar-refractivity contribution in [3.05, 3.63) is 84.1 Å². The smallest absolute Gasteiger partial charge is 0.416 e. The van der Waals surface area contributed by atoms with Gasteiger partial charge in [0.15, 0.2) is 26.0 Å². The molecule has 0 saturated carbocycles. The summed E-state index contributed by atoms with van der Waals surface area (Å²) in [4.78, 5) is 69.6. The van der Waals surface area contributed by atoms with Crippen LogP contribution in [0.25, 0.3) is 0 Å². The summed E-state index contributed by atoms with van der Waals surface area (Å²) in [6.45, 7) is 20.6. The highest BCUT2D eigenvalue weighted by molar-refractivity contribution is 6.74. The van der Waals surface area contributed by atoms with Gasteiger partial charge in [0.2, 0.25) is 11.8 Å². The van der Waals surface area contributed by atoms with Crippen LogP contribution in [0, 0.1) is 5.92 Å². The highest BCUT2D eigenvalue weighted by atomic mass is 28.4. The van der Waals surface area contributed by atoms with Crippen molar-refractivity contribution in [1.29, 1.82) is 0 Å². The Balaban J connectivity index is 1.55. The number of carbonyl (C=O) groups excluding carboxylic acids is 5. The van der Waals surface area contributed by atoms with Gasteiger partial charge < -0.3 is 44.6 Å². The lowest BCUT2D eigenvalue weighted by molar-refractivity contribution is -0.128. The number of rotatable bonds is 14. The molecule has 0 bridgehead atoms. The third-order valence-corrected chi connectivity index (χ3v) is 14.8. The number of hydrogen-bond donors (Lipinski definition) is 4. The number of hydrogen-bond acceptors (Lipinski definition) is 10. The number of fused-ring (bicyclic) bond motifs is 2. The van der Waals surface area contributed by atoms with E-state index in [-0.39, 0.29) is 52.8 Å². The van der Waals surface area contributed by atoms with Crippen molar-refractivity contribution in [2.75, 3.05) is 23.9 Å². The van der Waals surface area contributed by atoms with Gasteiger partial charge in [0, 0.05) is 18.0 Å². The molecule has 0 saturated heterocycles. The summed E-state index contributed by atoms with van der Waals surface area (Å²) < 4.78 is 23.2. The van der Waals surface area contributed by atoms with E-state index in [1.54, 1.807) is 49.2 Å². The van der Waals surface area contributed by atoms with Gasteiger partial charge in [-0.25, -0.2) is 14.5 Å². The molecule has 0 fully saturated rings. The average Bonchev–Trinajstić information content (AvgIpc) is 3.55. The Labute approximate surface area is 341 Å². The number of allylic oxidation sites excluding steroid dienone is 2. The van der Waals surface area contributed by atoms with Crippen LogP contribution in [0.2, 0.25) is 18.1 Å². The van der Waals surface area contributed by atoms with Gasteiger partial charge in [-0.15, -0.1) is 0 Å². The number of ether oxygens (including phenoxy) is 3. The van der Waals surface area contributed by atoms with E-state index >= 15 is 0 Å². The van der Waals surface area contributed by atoms with Crippen molar-refractivity contribution in [3.63, 3.8) is 0 Å². The van der Waals surface area contributed by atoms with Crippen molar-refractivity contribution in [1.82, 2.24) is 15.5 Å². The van der Waals surface area contributed by atoms with Gasteiger partial charge >= 0.3 is 12.2 Å². The average molecular weight is 820 g/mol. The Morgan fingerprint density at radius 1 is 1.03 bits per heavy atom. The molecule has 2 unspecified atom stereocenters. The molecule has 2 aromatic rings. The molecular formula is C42H57N5O10Si. The Morgan fingerprint density at radius 3 is 2.29 bits per heavy atom. The van der Waals surface area contributed by atoms with Gasteiger partial charge in [0.1, 0.15) is 25.3 Å². The van der Waals surface area contributed by atoms with E-state index in [9.17, 15) is 29.1 Å². The normalized spacial score (nSPS) is 17.7. The topological polar surface area (TPSA) is 185 Å². The number of aromatic hydroxyl groups is 1. The standard InChI is InChI=1S/C42H57N5O10Si/c1-12-14-28-20-32-39(57-58(10,11)42(6,7)8)47(31-22-33(48)34(54-9)21-30(31)38(51)46(32)23-28)41(53)56-24-27-15-17-29(18-16-27)44-36(49)26(5)43-37(50)35(25(3)4)45-40(52)55-19-13-2/h12-18,21-23,25-26,32,35,39,48H,2,19-20,24H2,1,3-11H3,(H,43,50)(H,44,49)(H,45,52)/b14-12+/t26?,32-,35?,39-/m0/s1. The summed E-state index contributed by atoms with van der Waals surface area (Å²) in [5.41, 5.74) is 2.14. The summed E-state index contributed by atoms with van der Waals surface area (Å²) in [7, 11) is -1.24. The van der Waals surface area contributed by atoms with Crippen LogP contribution in [0.4, 0.5) is 21.0 Å². The highest BCUT2D eigenvalue weighted by Crippen LogP contribution is 2.45. The molecule has 2 aliphatic heterocycles. The molecule has 0 aliphatic carbocycles. The molecular weight excluding hydrogens is 763 g/mol. The van der Waals surface area contributed by atoms with Gasteiger partial charge in [0.05, 0.1) is 24.4 Å². The molecule has 5 amide bonds. The number of amides is 5. The van der Waals surface area contributed by atoms with Crippen LogP contribution in [-0.2, 0) is 30.1 Å². The first-order valence-corrected chi connectivity index (χ1v) is 22.1. The minimum absolute atomic E-state index is 0.0169.